The Kier molecular flexibility index (Phi) is 4.37. The number of pyridine rings is 1. The van der Waals surface area contributed by atoms with Crippen molar-refractivity contribution in [1.29, 1.82) is 5.26 Å². The van der Waals surface area contributed by atoms with Gasteiger partial charge in [0.15, 0.2) is 4.34 Å². The molecule has 2 heterocycles. The summed E-state index contributed by atoms with van der Waals surface area (Å²) < 4.78 is 0.690. The number of carbonyl (C=O) groups is 1. The van der Waals surface area contributed by atoms with E-state index < -0.39 is 5.97 Å². The molecule has 5 nitrogen and oxygen atoms in total. The third-order valence-electron chi connectivity index (χ3n) is 2.47. The van der Waals surface area contributed by atoms with E-state index in [-0.39, 0.29) is 6.42 Å². The summed E-state index contributed by atoms with van der Waals surface area (Å²) in [5, 5.41) is 20.2. The van der Waals surface area contributed by atoms with Gasteiger partial charge in [0.25, 0.3) is 0 Å². The number of aryl methyl sites for hydroxylation is 2. The van der Waals surface area contributed by atoms with E-state index in [9.17, 15) is 10.1 Å². The Balaban J connectivity index is 2.28. The highest BCUT2D eigenvalue weighted by molar-refractivity contribution is 8.01. The van der Waals surface area contributed by atoms with E-state index in [1.54, 1.807) is 5.38 Å². The van der Waals surface area contributed by atoms with Crippen LogP contribution in [0.5, 0.6) is 0 Å². The van der Waals surface area contributed by atoms with Gasteiger partial charge in [0.2, 0.25) is 0 Å². The summed E-state index contributed by atoms with van der Waals surface area (Å²) in [5.74, 6) is -0.908. The summed E-state index contributed by atoms with van der Waals surface area (Å²) >= 11 is 2.65. The lowest BCUT2D eigenvalue weighted by Gasteiger charge is -2.05. The maximum Gasteiger partial charge on any atom is 0.309 e. The van der Waals surface area contributed by atoms with Crippen molar-refractivity contribution in [3.63, 3.8) is 0 Å². The Morgan fingerprint density at radius 1 is 1.50 bits per heavy atom. The molecule has 2 rings (SSSR count). The molecule has 102 valence electrons. The molecule has 0 spiro atoms. The van der Waals surface area contributed by atoms with Crippen LogP contribution in [-0.4, -0.2) is 21.0 Å². The second-order valence-electron chi connectivity index (χ2n) is 4.15. The lowest BCUT2D eigenvalue weighted by molar-refractivity contribution is -0.136. The summed E-state index contributed by atoms with van der Waals surface area (Å²) in [6.07, 6.45) is -0.0948. The molecule has 7 heteroatoms. The first-order valence-electron chi connectivity index (χ1n) is 5.72. The van der Waals surface area contributed by atoms with Crippen LogP contribution in [-0.2, 0) is 11.2 Å². The van der Waals surface area contributed by atoms with Crippen LogP contribution >= 0.6 is 23.1 Å². The molecule has 1 N–H and O–H groups in total. The molecule has 2 aromatic rings. The third kappa shape index (κ3) is 3.35. The van der Waals surface area contributed by atoms with Crippen molar-refractivity contribution in [3.05, 3.63) is 34.0 Å². The van der Waals surface area contributed by atoms with Crippen molar-refractivity contribution in [2.75, 3.05) is 0 Å². The first kappa shape index (κ1) is 14.5. The molecule has 0 aliphatic rings. The molecule has 0 amide bonds. The van der Waals surface area contributed by atoms with E-state index in [1.165, 1.54) is 23.1 Å². The summed E-state index contributed by atoms with van der Waals surface area (Å²) in [7, 11) is 0. The van der Waals surface area contributed by atoms with Gasteiger partial charge in [-0.1, -0.05) is 0 Å². The molecule has 0 saturated carbocycles. The Morgan fingerprint density at radius 2 is 2.25 bits per heavy atom. The Hall–Kier alpha value is -1.91. The van der Waals surface area contributed by atoms with E-state index in [4.69, 9.17) is 5.11 Å². The van der Waals surface area contributed by atoms with Gasteiger partial charge in [0.1, 0.15) is 11.1 Å². The lowest BCUT2D eigenvalue weighted by atomic mass is 10.1. The van der Waals surface area contributed by atoms with E-state index in [2.05, 4.69) is 16.0 Å². The first-order valence-corrected chi connectivity index (χ1v) is 7.41. The minimum absolute atomic E-state index is 0.0948. The predicted octanol–water partition coefficient (Wildman–Crippen LogP) is 2.80. The molecular formula is C13H11N3O2S2. The van der Waals surface area contributed by atoms with E-state index in [0.29, 0.717) is 20.6 Å². The van der Waals surface area contributed by atoms with Gasteiger partial charge < -0.3 is 5.11 Å². The average Bonchev–Trinajstić information content (AvgIpc) is 2.75. The van der Waals surface area contributed by atoms with Crippen molar-refractivity contribution in [2.24, 2.45) is 0 Å². The molecule has 2 aromatic heterocycles. The summed E-state index contributed by atoms with van der Waals surface area (Å²) in [5.41, 5.74) is 2.78. The Bertz CT molecular complexity index is 704. The Morgan fingerprint density at radius 3 is 2.90 bits per heavy atom. The standard InChI is InChI=1S/C13H11N3O2S2/c1-7-3-8(2)15-12(10(7)5-14)20-13-16-9(6-19-13)4-11(17)18/h3,6H,4H2,1-2H3,(H,17,18). The van der Waals surface area contributed by atoms with Gasteiger partial charge in [-0.25, -0.2) is 9.97 Å². The fraction of sp³-hybridized carbons (Fsp3) is 0.231. The van der Waals surface area contributed by atoms with Gasteiger partial charge in [-0.2, -0.15) is 5.26 Å². The number of aliphatic carboxylic acids is 1. The molecule has 0 aliphatic carbocycles. The number of hydrogen-bond acceptors (Lipinski definition) is 6. The van der Waals surface area contributed by atoms with Gasteiger partial charge in [-0.15, -0.1) is 11.3 Å². The molecule has 0 radical (unpaired) electrons. The average molecular weight is 305 g/mol. The highest BCUT2D eigenvalue weighted by atomic mass is 32.2. The number of carboxylic acids is 1. The molecule has 0 atom stereocenters. The number of thiazole rings is 1. The number of nitrogens with zero attached hydrogens (tertiary/aromatic N) is 3. The zero-order valence-electron chi connectivity index (χ0n) is 10.9. The van der Waals surface area contributed by atoms with Gasteiger partial charge in [0, 0.05) is 11.1 Å². The Labute approximate surface area is 124 Å². The van der Waals surface area contributed by atoms with Crippen LogP contribution in [0, 0.1) is 25.2 Å². The maximum absolute atomic E-state index is 10.6. The molecule has 0 bridgehead atoms. The van der Waals surface area contributed by atoms with Gasteiger partial charge in [-0.3, -0.25) is 4.79 Å². The van der Waals surface area contributed by atoms with Gasteiger partial charge in [-0.05, 0) is 37.2 Å². The maximum atomic E-state index is 10.6. The van der Waals surface area contributed by atoms with Crippen molar-refractivity contribution in [3.8, 4) is 6.07 Å². The summed E-state index contributed by atoms with van der Waals surface area (Å²) in [6.45, 7) is 3.74. The van der Waals surface area contributed by atoms with Crippen molar-refractivity contribution in [2.45, 2.75) is 29.6 Å². The number of hydrogen-bond donors (Lipinski definition) is 1. The molecule has 0 unspecified atom stereocenters. The van der Waals surface area contributed by atoms with E-state index in [0.717, 1.165) is 11.3 Å². The van der Waals surface area contributed by atoms with Crippen LogP contribution < -0.4 is 0 Å². The second kappa shape index (κ2) is 6.03. The molecule has 0 fully saturated rings. The quantitative estimate of drug-likeness (QED) is 0.934. The number of nitriles is 1. The summed E-state index contributed by atoms with van der Waals surface area (Å²) in [6, 6.07) is 4.01. The van der Waals surface area contributed by atoms with Crippen LogP contribution in [0.3, 0.4) is 0 Å². The lowest BCUT2D eigenvalue weighted by Crippen LogP contribution is -1.99. The van der Waals surface area contributed by atoms with E-state index in [1.807, 2.05) is 19.9 Å². The van der Waals surface area contributed by atoms with Crippen LogP contribution in [0.15, 0.2) is 20.8 Å². The van der Waals surface area contributed by atoms with Crippen LogP contribution in [0.2, 0.25) is 0 Å². The smallest absolute Gasteiger partial charge is 0.309 e. The fourth-order valence-corrected chi connectivity index (χ4v) is 3.61. The van der Waals surface area contributed by atoms with Crippen LogP contribution in [0.1, 0.15) is 22.5 Å². The monoisotopic (exact) mass is 305 g/mol. The number of aromatic nitrogens is 2. The predicted molar refractivity (Wildman–Crippen MR) is 76.0 cm³/mol. The largest absolute Gasteiger partial charge is 0.481 e. The molecule has 0 saturated heterocycles. The summed E-state index contributed by atoms with van der Waals surface area (Å²) in [4.78, 5) is 19.2. The molecule has 0 aliphatic heterocycles. The number of carboxylic acid groups (broad SMARTS) is 1. The van der Waals surface area contributed by atoms with Crippen molar-refractivity contribution < 1.29 is 9.90 Å². The zero-order chi connectivity index (χ0) is 14.7. The molecule has 0 aromatic carbocycles. The topological polar surface area (TPSA) is 86.9 Å². The minimum Gasteiger partial charge on any atom is -0.481 e. The highest BCUT2D eigenvalue weighted by Gasteiger charge is 2.13. The van der Waals surface area contributed by atoms with Crippen molar-refractivity contribution >= 4 is 29.1 Å². The minimum atomic E-state index is -0.908. The van der Waals surface area contributed by atoms with Gasteiger partial charge in [0.05, 0.1) is 17.7 Å². The third-order valence-corrected chi connectivity index (χ3v) is 4.45. The van der Waals surface area contributed by atoms with Crippen LogP contribution in [0.4, 0.5) is 0 Å². The molecular weight excluding hydrogens is 294 g/mol. The van der Waals surface area contributed by atoms with Crippen molar-refractivity contribution in [1.82, 2.24) is 9.97 Å². The van der Waals surface area contributed by atoms with Crippen LogP contribution in [0.25, 0.3) is 0 Å². The number of rotatable bonds is 4. The second-order valence-corrected chi connectivity index (χ2v) is 6.24. The molecule has 20 heavy (non-hydrogen) atoms. The highest BCUT2D eigenvalue weighted by Crippen LogP contribution is 2.32. The SMILES string of the molecule is Cc1cc(C)c(C#N)c(Sc2nc(CC(=O)O)cs2)n1. The van der Waals surface area contributed by atoms with Gasteiger partial charge >= 0.3 is 5.97 Å². The fourth-order valence-electron chi connectivity index (χ4n) is 1.67. The first-order chi connectivity index (χ1) is 9.49. The normalized spacial score (nSPS) is 10.2. The van der Waals surface area contributed by atoms with E-state index >= 15 is 0 Å². The zero-order valence-corrected chi connectivity index (χ0v) is 12.5.